The number of rotatable bonds is 4. The van der Waals surface area contributed by atoms with E-state index in [-0.39, 0.29) is 0 Å². The van der Waals surface area contributed by atoms with Gasteiger partial charge in [-0.2, -0.15) is 0 Å². The Morgan fingerprint density at radius 2 is 1.90 bits per heavy atom. The zero-order valence-corrected chi connectivity index (χ0v) is 12.3. The minimum Gasteiger partial charge on any atom is -0.465 e. The maximum atomic E-state index is 11.9. The van der Waals surface area contributed by atoms with Crippen LogP contribution in [0.25, 0.3) is 0 Å². The SMILES string of the molecule is Cc1ccc(Cl)cc1OC(Cl)C(=O)Nc1ccccc1. The van der Waals surface area contributed by atoms with E-state index in [0.717, 1.165) is 5.56 Å². The van der Waals surface area contributed by atoms with Crippen molar-refractivity contribution in [3.63, 3.8) is 0 Å². The maximum Gasteiger partial charge on any atom is 0.281 e. The lowest BCUT2D eigenvalue weighted by atomic mass is 10.2. The third kappa shape index (κ3) is 3.89. The fourth-order valence-corrected chi connectivity index (χ4v) is 1.90. The molecule has 3 nitrogen and oxygen atoms in total. The van der Waals surface area contributed by atoms with E-state index in [1.54, 1.807) is 30.3 Å². The number of alkyl halides is 1. The second-order valence-electron chi connectivity index (χ2n) is 4.20. The highest BCUT2D eigenvalue weighted by Crippen LogP contribution is 2.24. The fraction of sp³-hybridized carbons (Fsp3) is 0.133. The molecule has 2 aromatic carbocycles. The normalized spacial score (nSPS) is 11.8. The molecule has 2 aromatic rings. The van der Waals surface area contributed by atoms with Crippen LogP contribution in [0.5, 0.6) is 5.75 Å². The summed E-state index contributed by atoms with van der Waals surface area (Å²) in [6.45, 7) is 1.85. The molecule has 5 heteroatoms. The fourth-order valence-electron chi connectivity index (χ4n) is 1.59. The minimum absolute atomic E-state index is 0.433. The van der Waals surface area contributed by atoms with Crippen LogP contribution in [0.15, 0.2) is 48.5 Å². The molecule has 0 aliphatic heterocycles. The highest BCUT2D eigenvalue weighted by molar-refractivity contribution is 6.32. The lowest BCUT2D eigenvalue weighted by Crippen LogP contribution is -2.28. The summed E-state index contributed by atoms with van der Waals surface area (Å²) in [6, 6.07) is 14.2. The largest absolute Gasteiger partial charge is 0.465 e. The van der Waals surface area contributed by atoms with Crippen LogP contribution in [0, 0.1) is 6.92 Å². The number of ether oxygens (including phenoxy) is 1. The van der Waals surface area contributed by atoms with Gasteiger partial charge in [-0.15, -0.1) is 0 Å². The quantitative estimate of drug-likeness (QED) is 0.858. The Kier molecular flexibility index (Phi) is 4.88. The maximum absolute atomic E-state index is 11.9. The van der Waals surface area contributed by atoms with E-state index >= 15 is 0 Å². The molecule has 0 spiro atoms. The van der Waals surface area contributed by atoms with Gasteiger partial charge in [0.2, 0.25) is 0 Å². The molecule has 0 bridgehead atoms. The van der Waals surface area contributed by atoms with Crippen LogP contribution < -0.4 is 10.1 Å². The molecule has 0 radical (unpaired) electrons. The molecule has 104 valence electrons. The Hall–Kier alpha value is -1.71. The van der Waals surface area contributed by atoms with Gasteiger partial charge < -0.3 is 10.1 Å². The first kappa shape index (κ1) is 14.7. The topological polar surface area (TPSA) is 38.3 Å². The van der Waals surface area contributed by atoms with Gasteiger partial charge in [-0.3, -0.25) is 4.79 Å². The first-order valence-corrected chi connectivity index (χ1v) is 6.80. The van der Waals surface area contributed by atoms with Gasteiger partial charge in [0.15, 0.2) is 0 Å². The smallest absolute Gasteiger partial charge is 0.281 e. The minimum atomic E-state index is -1.13. The molecule has 0 aromatic heterocycles. The van der Waals surface area contributed by atoms with Crippen LogP contribution in [-0.2, 0) is 4.79 Å². The molecule has 1 amide bonds. The van der Waals surface area contributed by atoms with Crippen molar-refractivity contribution in [3.8, 4) is 5.75 Å². The van der Waals surface area contributed by atoms with Gasteiger partial charge in [-0.1, -0.05) is 47.5 Å². The van der Waals surface area contributed by atoms with Crippen molar-refractivity contribution in [2.24, 2.45) is 0 Å². The second kappa shape index (κ2) is 6.64. The number of amides is 1. The Morgan fingerprint density at radius 3 is 2.60 bits per heavy atom. The number of benzene rings is 2. The third-order valence-corrected chi connectivity index (χ3v) is 3.15. The van der Waals surface area contributed by atoms with Crippen LogP contribution in [-0.4, -0.2) is 11.5 Å². The first-order chi connectivity index (χ1) is 9.56. The first-order valence-electron chi connectivity index (χ1n) is 5.99. The standard InChI is InChI=1S/C15H13Cl2NO2/c1-10-7-8-11(16)9-13(10)20-14(17)15(19)18-12-5-3-2-4-6-12/h2-9,14H,1H3,(H,18,19). The van der Waals surface area contributed by atoms with E-state index in [4.69, 9.17) is 27.9 Å². The van der Waals surface area contributed by atoms with Gasteiger partial charge in [-0.05, 0) is 36.8 Å². The van der Waals surface area contributed by atoms with Crippen LogP contribution in [0.2, 0.25) is 5.02 Å². The molecule has 0 fully saturated rings. The van der Waals surface area contributed by atoms with Gasteiger partial charge >= 0.3 is 0 Å². The molecule has 1 unspecified atom stereocenters. The Labute approximate surface area is 127 Å². The predicted molar refractivity (Wildman–Crippen MR) is 81.5 cm³/mol. The van der Waals surface area contributed by atoms with Crippen LogP contribution in [0.3, 0.4) is 0 Å². The number of para-hydroxylation sites is 1. The van der Waals surface area contributed by atoms with E-state index in [0.29, 0.717) is 16.5 Å². The molecule has 0 saturated heterocycles. The lowest BCUT2D eigenvalue weighted by molar-refractivity contribution is -0.119. The molecule has 0 aliphatic rings. The van der Waals surface area contributed by atoms with Crippen molar-refractivity contribution in [1.29, 1.82) is 0 Å². The van der Waals surface area contributed by atoms with E-state index in [2.05, 4.69) is 5.32 Å². The van der Waals surface area contributed by atoms with Crippen LogP contribution in [0.4, 0.5) is 5.69 Å². The number of hydrogen-bond donors (Lipinski definition) is 1. The summed E-state index contributed by atoms with van der Waals surface area (Å²) in [7, 11) is 0. The van der Waals surface area contributed by atoms with Crippen LogP contribution in [0.1, 0.15) is 5.56 Å². The molecule has 1 atom stereocenters. The second-order valence-corrected chi connectivity index (χ2v) is 5.03. The molecule has 1 N–H and O–H groups in total. The molecular weight excluding hydrogens is 297 g/mol. The molecule has 2 rings (SSSR count). The summed E-state index contributed by atoms with van der Waals surface area (Å²) in [5, 5.41) is 3.19. The Balaban J connectivity index is 2.02. The van der Waals surface area contributed by atoms with Crippen molar-refractivity contribution in [2.45, 2.75) is 12.5 Å². The summed E-state index contributed by atoms with van der Waals surface area (Å²) in [4.78, 5) is 11.9. The highest BCUT2D eigenvalue weighted by atomic mass is 35.5. The number of halogens is 2. The zero-order chi connectivity index (χ0) is 14.5. The van der Waals surface area contributed by atoms with Crippen molar-refractivity contribution in [2.75, 3.05) is 5.32 Å². The third-order valence-electron chi connectivity index (χ3n) is 2.63. The molecule has 0 heterocycles. The van der Waals surface area contributed by atoms with Gasteiger partial charge in [-0.25, -0.2) is 0 Å². The number of carbonyl (C=O) groups excluding carboxylic acids is 1. The summed E-state index contributed by atoms with van der Waals surface area (Å²) >= 11 is 11.8. The molecule has 20 heavy (non-hydrogen) atoms. The lowest BCUT2D eigenvalue weighted by Gasteiger charge is -2.14. The Morgan fingerprint density at radius 1 is 1.20 bits per heavy atom. The van der Waals surface area contributed by atoms with Gasteiger partial charge in [0.05, 0.1) is 0 Å². The van der Waals surface area contributed by atoms with E-state index in [1.165, 1.54) is 0 Å². The van der Waals surface area contributed by atoms with Crippen molar-refractivity contribution >= 4 is 34.8 Å². The summed E-state index contributed by atoms with van der Waals surface area (Å²) in [5.74, 6) is 0.0537. The molecule has 0 saturated carbocycles. The number of anilines is 1. The van der Waals surface area contributed by atoms with Gasteiger partial charge in [0, 0.05) is 10.7 Å². The zero-order valence-electron chi connectivity index (χ0n) is 10.8. The van der Waals surface area contributed by atoms with E-state index < -0.39 is 11.5 Å². The predicted octanol–water partition coefficient (Wildman–Crippen LogP) is 4.23. The highest BCUT2D eigenvalue weighted by Gasteiger charge is 2.18. The van der Waals surface area contributed by atoms with E-state index in [1.807, 2.05) is 25.1 Å². The number of hydrogen-bond acceptors (Lipinski definition) is 2. The van der Waals surface area contributed by atoms with Crippen LogP contribution >= 0.6 is 23.2 Å². The number of nitrogens with one attached hydrogen (secondary N) is 1. The summed E-state index contributed by atoms with van der Waals surface area (Å²) < 4.78 is 5.43. The van der Waals surface area contributed by atoms with E-state index in [9.17, 15) is 4.79 Å². The van der Waals surface area contributed by atoms with Crippen molar-refractivity contribution in [3.05, 3.63) is 59.1 Å². The number of aryl methyl sites for hydroxylation is 1. The Bertz CT molecular complexity index is 602. The van der Waals surface area contributed by atoms with Gasteiger partial charge in [0.1, 0.15) is 5.75 Å². The average molecular weight is 310 g/mol. The molecule has 0 aliphatic carbocycles. The van der Waals surface area contributed by atoms with Gasteiger partial charge in [0.25, 0.3) is 11.5 Å². The summed E-state index contributed by atoms with van der Waals surface area (Å²) in [5.41, 5.74) is 0.384. The molecular formula is C15H13Cl2NO2. The monoisotopic (exact) mass is 309 g/mol. The van der Waals surface area contributed by atoms with Crippen molar-refractivity contribution < 1.29 is 9.53 Å². The van der Waals surface area contributed by atoms with Crippen molar-refractivity contribution in [1.82, 2.24) is 0 Å². The number of carbonyl (C=O) groups is 1. The summed E-state index contributed by atoms with van der Waals surface area (Å²) in [6.07, 6.45) is 0. The average Bonchev–Trinajstić information content (AvgIpc) is 2.44.